The molecule has 1 aliphatic heterocycles. The van der Waals surface area contributed by atoms with Gasteiger partial charge in [0.1, 0.15) is 11.4 Å². The van der Waals surface area contributed by atoms with Crippen molar-refractivity contribution in [2.75, 3.05) is 5.88 Å². The van der Waals surface area contributed by atoms with Crippen LogP contribution in [-0.4, -0.2) is 16.0 Å². The van der Waals surface area contributed by atoms with Crippen LogP contribution in [0.3, 0.4) is 0 Å². The van der Waals surface area contributed by atoms with Crippen molar-refractivity contribution < 1.29 is 5.11 Å². The minimum atomic E-state index is 0.147. The van der Waals surface area contributed by atoms with Gasteiger partial charge < -0.3 is 5.11 Å². The van der Waals surface area contributed by atoms with Gasteiger partial charge in [0.25, 0.3) is 0 Å². The van der Waals surface area contributed by atoms with E-state index in [0.29, 0.717) is 5.69 Å². The average Bonchev–Trinajstić information content (AvgIpc) is 2.91. The number of nitrogens with zero attached hydrogens (tertiary/aromatic N) is 3. The predicted octanol–water partition coefficient (Wildman–Crippen LogP) is 4.02. The molecule has 0 amide bonds. The summed E-state index contributed by atoms with van der Waals surface area (Å²) in [6.45, 7) is 0. The van der Waals surface area contributed by atoms with Gasteiger partial charge in [0, 0.05) is 11.6 Å². The molecule has 0 fully saturated rings. The molecule has 1 heterocycles. The number of benzene rings is 2. The lowest BCUT2D eigenvalue weighted by atomic mass is 10.1. The first kappa shape index (κ1) is 11.1. The Morgan fingerprint density at radius 1 is 1.17 bits per heavy atom. The van der Waals surface area contributed by atoms with Gasteiger partial charge in [-0.25, -0.2) is 5.01 Å². The fraction of sp³-hybridized carbons (Fsp3) is 0.0769. The van der Waals surface area contributed by atoms with E-state index in [1.54, 1.807) is 22.8 Å². The van der Waals surface area contributed by atoms with E-state index in [1.807, 2.05) is 41.9 Å². The van der Waals surface area contributed by atoms with Crippen molar-refractivity contribution in [1.82, 2.24) is 5.01 Å². The number of aromatic hydroxyl groups is 1. The Hall–Kier alpha value is -2.01. The second-order valence-corrected chi connectivity index (χ2v) is 4.73. The summed E-state index contributed by atoms with van der Waals surface area (Å²) in [6, 6.07) is 11.3. The molecule has 0 saturated heterocycles. The van der Waals surface area contributed by atoms with Crippen LogP contribution in [0.4, 0.5) is 5.69 Å². The molecule has 0 radical (unpaired) electrons. The lowest BCUT2D eigenvalue weighted by molar-refractivity contribution is 0.442. The highest BCUT2D eigenvalue weighted by Crippen LogP contribution is 2.35. The van der Waals surface area contributed by atoms with E-state index in [1.165, 1.54) is 0 Å². The largest absolute Gasteiger partial charge is 0.506 e. The first-order valence-corrected chi connectivity index (χ1v) is 6.57. The molecule has 4 nitrogen and oxygen atoms in total. The van der Waals surface area contributed by atoms with Gasteiger partial charge in [0.2, 0.25) is 0 Å². The molecule has 3 rings (SSSR count). The van der Waals surface area contributed by atoms with Crippen LogP contribution in [-0.2, 0) is 0 Å². The van der Waals surface area contributed by atoms with Crippen molar-refractivity contribution in [2.45, 2.75) is 0 Å². The number of hydrogen-bond donors (Lipinski definition) is 1. The van der Waals surface area contributed by atoms with Crippen molar-refractivity contribution in [2.24, 2.45) is 10.3 Å². The van der Waals surface area contributed by atoms with E-state index in [2.05, 4.69) is 10.3 Å². The van der Waals surface area contributed by atoms with Gasteiger partial charge in [0.05, 0.1) is 5.88 Å². The summed E-state index contributed by atoms with van der Waals surface area (Å²) in [5, 5.41) is 23.8. The molecular formula is C13H11N3OS. The molecule has 2 aromatic rings. The second kappa shape index (κ2) is 4.70. The Morgan fingerprint density at radius 2 is 2.06 bits per heavy atom. The van der Waals surface area contributed by atoms with Crippen LogP contribution in [0.25, 0.3) is 10.8 Å². The highest BCUT2D eigenvalue weighted by molar-refractivity contribution is 8.02. The van der Waals surface area contributed by atoms with Gasteiger partial charge in [-0.1, -0.05) is 35.6 Å². The van der Waals surface area contributed by atoms with E-state index in [4.69, 9.17) is 0 Å². The van der Waals surface area contributed by atoms with Crippen molar-refractivity contribution in [3.05, 3.63) is 48.0 Å². The molecule has 0 aromatic heterocycles. The number of thioether (sulfide) groups is 1. The molecule has 0 bridgehead atoms. The summed E-state index contributed by atoms with van der Waals surface area (Å²) >= 11 is 1.65. The van der Waals surface area contributed by atoms with Crippen LogP contribution < -0.4 is 0 Å². The molecule has 18 heavy (non-hydrogen) atoms. The second-order valence-electron chi connectivity index (χ2n) is 3.86. The quantitative estimate of drug-likeness (QED) is 0.826. The monoisotopic (exact) mass is 257 g/mol. The Labute approximate surface area is 109 Å². The standard InChI is InChI=1S/C13H11N3OS/c17-12-6-5-10-3-1-2-4-11(10)13(12)14-15-16-7-8-18-9-16/h1-8,17H,9H2. The number of phenols is 1. The van der Waals surface area contributed by atoms with Gasteiger partial charge in [0.15, 0.2) is 0 Å². The Kier molecular flexibility index (Phi) is 2.90. The summed E-state index contributed by atoms with van der Waals surface area (Å²) in [6.07, 6.45) is 1.86. The summed E-state index contributed by atoms with van der Waals surface area (Å²) in [7, 11) is 0. The van der Waals surface area contributed by atoms with Crippen LogP contribution in [0.2, 0.25) is 0 Å². The first-order valence-electron chi connectivity index (χ1n) is 5.52. The van der Waals surface area contributed by atoms with E-state index in [9.17, 15) is 5.11 Å². The van der Waals surface area contributed by atoms with Crippen molar-refractivity contribution in [1.29, 1.82) is 0 Å². The number of hydrogen-bond acceptors (Lipinski definition) is 4. The molecule has 2 aromatic carbocycles. The molecule has 0 saturated carbocycles. The van der Waals surface area contributed by atoms with E-state index in [0.717, 1.165) is 16.6 Å². The molecule has 5 heteroatoms. The lowest BCUT2D eigenvalue weighted by Gasteiger charge is -2.06. The number of phenolic OH excluding ortho intramolecular Hbond substituents is 1. The van der Waals surface area contributed by atoms with Crippen molar-refractivity contribution in [3.63, 3.8) is 0 Å². The fourth-order valence-electron chi connectivity index (χ4n) is 1.78. The van der Waals surface area contributed by atoms with Gasteiger partial charge in [-0.2, -0.15) is 0 Å². The SMILES string of the molecule is Oc1ccc2ccccc2c1N=NN1C=CSC1. The summed E-state index contributed by atoms with van der Waals surface area (Å²) in [4.78, 5) is 0. The summed E-state index contributed by atoms with van der Waals surface area (Å²) in [5.41, 5.74) is 0.512. The number of fused-ring (bicyclic) bond motifs is 1. The topological polar surface area (TPSA) is 48.2 Å². The van der Waals surface area contributed by atoms with Gasteiger partial charge in [-0.15, -0.1) is 16.9 Å². The predicted molar refractivity (Wildman–Crippen MR) is 73.6 cm³/mol. The summed E-state index contributed by atoms with van der Waals surface area (Å²) in [5.74, 6) is 0.906. The molecule has 0 aliphatic carbocycles. The van der Waals surface area contributed by atoms with E-state index in [-0.39, 0.29) is 5.75 Å². The van der Waals surface area contributed by atoms with E-state index < -0.39 is 0 Å². The van der Waals surface area contributed by atoms with Crippen LogP contribution >= 0.6 is 11.8 Å². The van der Waals surface area contributed by atoms with Crippen molar-refractivity contribution in [3.8, 4) is 5.75 Å². The molecular weight excluding hydrogens is 246 g/mol. The third kappa shape index (κ3) is 2.04. The number of rotatable bonds is 2. The van der Waals surface area contributed by atoms with Gasteiger partial charge >= 0.3 is 0 Å². The Morgan fingerprint density at radius 3 is 2.89 bits per heavy atom. The minimum absolute atomic E-state index is 0.147. The zero-order valence-electron chi connectivity index (χ0n) is 9.52. The van der Waals surface area contributed by atoms with Crippen LogP contribution in [0.15, 0.2) is 58.3 Å². The third-order valence-electron chi connectivity index (χ3n) is 2.67. The highest BCUT2D eigenvalue weighted by Gasteiger charge is 2.07. The maximum atomic E-state index is 9.89. The van der Waals surface area contributed by atoms with Gasteiger partial charge in [-0.3, -0.25) is 0 Å². The average molecular weight is 257 g/mol. The zero-order valence-corrected chi connectivity index (χ0v) is 10.3. The molecule has 0 unspecified atom stereocenters. The zero-order chi connectivity index (χ0) is 12.4. The Bertz CT molecular complexity index is 639. The first-order chi connectivity index (χ1) is 8.84. The molecule has 0 atom stereocenters. The maximum Gasteiger partial charge on any atom is 0.143 e. The Balaban J connectivity index is 2.04. The molecule has 1 aliphatic rings. The molecule has 0 spiro atoms. The van der Waals surface area contributed by atoms with Crippen LogP contribution in [0.5, 0.6) is 5.75 Å². The smallest absolute Gasteiger partial charge is 0.143 e. The van der Waals surface area contributed by atoms with E-state index >= 15 is 0 Å². The van der Waals surface area contributed by atoms with Crippen LogP contribution in [0.1, 0.15) is 0 Å². The molecule has 1 N–H and O–H groups in total. The fourth-order valence-corrected chi connectivity index (χ4v) is 2.39. The maximum absolute atomic E-state index is 9.89. The van der Waals surface area contributed by atoms with Crippen molar-refractivity contribution >= 4 is 28.2 Å². The summed E-state index contributed by atoms with van der Waals surface area (Å²) < 4.78 is 0. The van der Waals surface area contributed by atoms with Crippen LogP contribution in [0, 0.1) is 0 Å². The highest BCUT2D eigenvalue weighted by atomic mass is 32.2. The minimum Gasteiger partial charge on any atom is -0.506 e. The third-order valence-corrected chi connectivity index (χ3v) is 3.40. The lowest BCUT2D eigenvalue weighted by Crippen LogP contribution is -2.01. The molecule has 90 valence electrons. The van der Waals surface area contributed by atoms with Gasteiger partial charge in [-0.05, 0) is 16.9 Å². The normalized spacial score (nSPS) is 15.0.